The number of anilines is 1. The number of hydrogen-bond donors (Lipinski definition) is 0. The molecule has 0 bridgehead atoms. The molecule has 0 spiro atoms. The number of nitro groups is 1. The van der Waals surface area contributed by atoms with Gasteiger partial charge in [-0.2, -0.15) is 0 Å². The van der Waals surface area contributed by atoms with Gasteiger partial charge in [0, 0.05) is 36.7 Å². The molecule has 0 aromatic carbocycles. The van der Waals surface area contributed by atoms with Crippen LogP contribution in [-0.2, 0) is 14.3 Å². The van der Waals surface area contributed by atoms with E-state index < -0.39 is 35.4 Å². The number of ether oxygens (including phenoxy) is 1. The Morgan fingerprint density at radius 3 is 2.41 bits per heavy atom. The zero-order chi connectivity index (χ0) is 25.2. The zero-order valence-corrected chi connectivity index (χ0v) is 21.2. The molecule has 2 fully saturated rings. The Labute approximate surface area is 202 Å². The fraction of sp³-hybridized carbons (Fsp3) is 0.720. The van der Waals surface area contributed by atoms with Crippen LogP contribution in [0.25, 0.3) is 0 Å². The average molecular weight is 475 g/mol. The van der Waals surface area contributed by atoms with Crippen molar-refractivity contribution in [3.8, 4) is 0 Å². The summed E-state index contributed by atoms with van der Waals surface area (Å²) in [5.74, 6) is -1.18. The number of nitrogens with zero attached hydrogens (tertiary/aromatic N) is 4. The molecular weight excluding hydrogens is 436 g/mol. The lowest BCUT2D eigenvalue weighted by molar-refractivity contribution is -0.536. The highest BCUT2D eigenvalue weighted by Crippen LogP contribution is 2.51. The summed E-state index contributed by atoms with van der Waals surface area (Å²) in [6.07, 6.45) is 6.05. The molecule has 34 heavy (non-hydrogen) atoms. The molecule has 2 aliphatic rings. The maximum absolute atomic E-state index is 14.1. The molecule has 2 heterocycles. The minimum Gasteiger partial charge on any atom is -0.464 e. The lowest BCUT2D eigenvalue weighted by Gasteiger charge is -2.36. The molecule has 3 rings (SSSR count). The third-order valence-electron chi connectivity index (χ3n) is 7.17. The van der Waals surface area contributed by atoms with Crippen LogP contribution >= 0.6 is 0 Å². The second-order valence-corrected chi connectivity index (χ2v) is 10.7. The molecule has 0 radical (unpaired) electrons. The van der Waals surface area contributed by atoms with E-state index in [1.807, 2.05) is 34.9 Å². The van der Waals surface area contributed by atoms with Gasteiger partial charge in [-0.15, -0.1) is 0 Å². The SMILES string of the molecule is CCOC(=O)C1C(C(C)(C)C)C([N+](=O)[O-])C(c2cccnc2N(C)C)N1C(=O)C1CCCCC1. The van der Waals surface area contributed by atoms with Gasteiger partial charge in [0.1, 0.15) is 17.9 Å². The standard InChI is InChI=1S/C25H38N4O5/c1-7-34-24(31)21-18(25(2,3)4)20(29(32)33)19(17-14-11-15-26-22(17)27(5)6)28(21)23(30)16-12-9-8-10-13-16/h11,14-16,18-21H,7-10,12-13H2,1-6H3. The molecule has 4 atom stereocenters. The summed E-state index contributed by atoms with van der Waals surface area (Å²) in [5.41, 5.74) is -0.0467. The van der Waals surface area contributed by atoms with E-state index in [1.54, 1.807) is 30.2 Å². The summed E-state index contributed by atoms with van der Waals surface area (Å²) >= 11 is 0. The lowest BCUT2D eigenvalue weighted by Crippen LogP contribution is -2.50. The van der Waals surface area contributed by atoms with Gasteiger partial charge in [-0.3, -0.25) is 14.9 Å². The molecule has 0 N–H and O–H groups in total. The Morgan fingerprint density at radius 2 is 1.88 bits per heavy atom. The van der Waals surface area contributed by atoms with E-state index in [0.29, 0.717) is 11.4 Å². The predicted octanol–water partition coefficient (Wildman–Crippen LogP) is 3.85. The highest BCUT2D eigenvalue weighted by Gasteiger charge is 2.64. The van der Waals surface area contributed by atoms with E-state index in [2.05, 4.69) is 4.98 Å². The highest BCUT2D eigenvalue weighted by atomic mass is 16.6. The van der Waals surface area contributed by atoms with Gasteiger partial charge < -0.3 is 14.5 Å². The van der Waals surface area contributed by atoms with Crippen LogP contribution in [0.15, 0.2) is 18.3 Å². The monoisotopic (exact) mass is 474 g/mol. The van der Waals surface area contributed by atoms with E-state index in [0.717, 1.165) is 32.1 Å². The molecule has 4 unspecified atom stereocenters. The molecule has 9 heteroatoms. The van der Waals surface area contributed by atoms with Crippen molar-refractivity contribution in [3.05, 3.63) is 34.0 Å². The van der Waals surface area contributed by atoms with E-state index in [-0.39, 0.29) is 23.4 Å². The Morgan fingerprint density at radius 1 is 1.24 bits per heavy atom. The predicted molar refractivity (Wildman–Crippen MR) is 129 cm³/mol. The van der Waals surface area contributed by atoms with Crippen molar-refractivity contribution >= 4 is 17.7 Å². The van der Waals surface area contributed by atoms with Gasteiger partial charge >= 0.3 is 5.97 Å². The van der Waals surface area contributed by atoms with Gasteiger partial charge in [-0.25, -0.2) is 9.78 Å². The second-order valence-electron chi connectivity index (χ2n) is 10.7. The molecule has 1 aromatic rings. The molecule has 1 aliphatic heterocycles. The number of carbonyl (C=O) groups is 2. The maximum Gasteiger partial charge on any atom is 0.329 e. The smallest absolute Gasteiger partial charge is 0.329 e. The summed E-state index contributed by atoms with van der Waals surface area (Å²) < 4.78 is 5.43. The van der Waals surface area contributed by atoms with Crippen molar-refractivity contribution < 1.29 is 19.2 Å². The van der Waals surface area contributed by atoms with Gasteiger partial charge in [-0.05, 0) is 31.2 Å². The molecule has 1 saturated carbocycles. The number of carbonyl (C=O) groups excluding carboxylic acids is 2. The molecule has 188 valence electrons. The number of hydrogen-bond acceptors (Lipinski definition) is 7. The number of rotatable bonds is 6. The zero-order valence-electron chi connectivity index (χ0n) is 21.2. The first-order valence-corrected chi connectivity index (χ1v) is 12.2. The van der Waals surface area contributed by atoms with Crippen molar-refractivity contribution in [3.63, 3.8) is 0 Å². The van der Waals surface area contributed by atoms with E-state index in [4.69, 9.17) is 4.74 Å². The number of amides is 1. The quantitative estimate of drug-likeness (QED) is 0.350. The van der Waals surface area contributed by atoms with Gasteiger partial charge in [-0.1, -0.05) is 46.1 Å². The minimum atomic E-state index is -1.18. The van der Waals surface area contributed by atoms with Crippen LogP contribution in [0.2, 0.25) is 0 Å². The molecular formula is C25H38N4O5. The molecule has 1 aliphatic carbocycles. The Hall–Kier alpha value is -2.71. The summed E-state index contributed by atoms with van der Waals surface area (Å²) in [7, 11) is 3.64. The van der Waals surface area contributed by atoms with Gasteiger partial charge in [0.25, 0.3) is 0 Å². The van der Waals surface area contributed by atoms with Crippen molar-refractivity contribution in [1.29, 1.82) is 0 Å². The first kappa shape index (κ1) is 25.9. The average Bonchev–Trinajstić information content (AvgIpc) is 3.16. The van der Waals surface area contributed by atoms with Gasteiger partial charge in [0.05, 0.1) is 12.5 Å². The molecule has 1 saturated heterocycles. The summed E-state index contributed by atoms with van der Waals surface area (Å²) in [6, 6.07) is 0.383. The normalized spacial score (nSPS) is 25.8. The van der Waals surface area contributed by atoms with Crippen LogP contribution in [0, 0.1) is 27.4 Å². The van der Waals surface area contributed by atoms with Crippen molar-refractivity contribution in [2.75, 3.05) is 25.6 Å². The first-order chi connectivity index (χ1) is 16.0. The first-order valence-electron chi connectivity index (χ1n) is 12.2. The molecule has 9 nitrogen and oxygen atoms in total. The van der Waals surface area contributed by atoms with Crippen molar-refractivity contribution in [2.45, 2.75) is 77.9 Å². The van der Waals surface area contributed by atoms with Crippen LogP contribution in [0.3, 0.4) is 0 Å². The fourth-order valence-electron chi connectivity index (χ4n) is 5.80. The number of aromatic nitrogens is 1. The van der Waals surface area contributed by atoms with Crippen molar-refractivity contribution in [2.24, 2.45) is 17.3 Å². The van der Waals surface area contributed by atoms with Crippen molar-refractivity contribution in [1.82, 2.24) is 9.88 Å². The molecule has 1 amide bonds. The van der Waals surface area contributed by atoms with Crippen LogP contribution in [0.1, 0.15) is 71.4 Å². The topological polar surface area (TPSA) is 106 Å². The third-order valence-corrected chi connectivity index (χ3v) is 7.17. The minimum absolute atomic E-state index is 0.140. The van der Waals surface area contributed by atoms with Gasteiger partial charge in [0.15, 0.2) is 0 Å². The Bertz CT molecular complexity index is 907. The van der Waals surface area contributed by atoms with Crippen LogP contribution in [0.4, 0.5) is 5.82 Å². The largest absolute Gasteiger partial charge is 0.464 e. The highest BCUT2D eigenvalue weighted by molar-refractivity contribution is 5.88. The Balaban J connectivity index is 2.27. The fourth-order valence-corrected chi connectivity index (χ4v) is 5.80. The maximum atomic E-state index is 14.1. The number of pyridine rings is 1. The summed E-state index contributed by atoms with van der Waals surface area (Å²) in [4.78, 5) is 47.6. The van der Waals surface area contributed by atoms with Crippen LogP contribution < -0.4 is 4.90 Å². The third kappa shape index (κ3) is 4.88. The van der Waals surface area contributed by atoms with Crippen LogP contribution in [-0.4, -0.2) is 59.5 Å². The van der Waals surface area contributed by atoms with E-state index in [1.165, 1.54) is 4.90 Å². The Kier molecular flexibility index (Phi) is 7.83. The van der Waals surface area contributed by atoms with Crippen LogP contribution in [0.5, 0.6) is 0 Å². The van der Waals surface area contributed by atoms with E-state index in [9.17, 15) is 19.7 Å². The summed E-state index contributed by atoms with van der Waals surface area (Å²) in [5, 5.41) is 12.7. The molecule has 1 aromatic heterocycles. The van der Waals surface area contributed by atoms with E-state index >= 15 is 0 Å². The van der Waals surface area contributed by atoms with Gasteiger partial charge in [0.2, 0.25) is 11.9 Å². The lowest BCUT2D eigenvalue weighted by atomic mass is 9.72. The number of likely N-dealkylation sites (tertiary alicyclic amines) is 1. The summed E-state index contributed by atoms with van der Waals surface area (Å²) in [6.45, 7) is 7.52. The number of esters is 1. The second kappa shape index (κ2) is 10.3.